The summed E-state index contributed by atoms with van der Waals surface area (Å²) in [6, 6.07) is 8.69. The van der Waals surface area contributed by atoms with Gasteiger partial charge in [-0.25, -0.2) is 8.42 Å². The molecule has 2 N–H and O–H groups in total. The molecule has 0 saturated carbocycles. The van der Waals surface area contributed by atoms with Crippen LogP contribution in [0.1, 0.15) is 25.0 Å². The third-order valence-corrected chi connectivity index (χ3v) is 5.87. The van der Waals surface area contributed by atoms with Crippen LogP contribution in [0.5, 0.6) is 5.75 Å². The van der Waals surface area contributed by atoms with Crippen molar-refractivity contribution in [1.29, 1.82) is 0 Å². The van der Waals surface area contributed by atoms with Gasteiger partial charge in [0, 0.05) is 10.7 Å². The topological polar surface area (TPSA) is 84.5 Å². The minimum atomic E-state index is -3.86. The number of hydrogen-bond donors (Lipinski definition) is 2. The summed E-state index contributed by atoms with van der Waals surface area (Å²) in [6.45, 7) is 7.44. The fraction of sp³-hybridized carbons (Fsp3) is 0.316. The van der Waals surface area contributed by atoms with Crippen molar-refractivity contribution in [3.8, 4) is 5.75 Å². The lowest BCUT2D eigenvalue weighted by Crippen LogP contribution is -2.41. The van der Waals surface area contributed by atoms with Crippen molar-refractivity contribution in [2.75, 3.05) is 11.9 Å². The van der Waals surface area contributed by atoms with E-state index >= 15 is 0 Å². The van der Waals surface area contributed by atoms with Crippen LogP contribution < -0.4 is 14.8 Å². The molecule has 0 aliphatic carbocycles. The maximum atomic E-state index is 12.6. The van der Waals surface area contributed by atoms with E-state index in [2.05, 4.69) is 10.0 Å². The predicted molar refractivity (Wildman–Crippen MR) is 107 cm³/mol. The van der Waals surface area contributed by atoms with Crippen molar-refractivity contribution in [2.24, 2.45) is 0 Å². The Morgan fingerprint density at radius 2 is 1.85 bits per heavy atom. The number of nitrogens with one attached hydrogen (secondary N) is 2. The van der Waals surface area contributed by atoms with Gasteiger partial charge in [-0.15, -0.1) is 0 Å². The van der Waals surface area contributed by atoms with Crippen LogP contribution in [0.15, 0.2) is 41.3 Å². The van der Waals surface area contributed by atoms with Crippen molar-refractivity contribution < 1.29 is 17.9 Å². The molecule has 0 bridgehead atoms. The van der Waals surface area contributed by atoms with Gasteiger partial charge in [0.05, 0.1) is 17.5 Å². The summed E-state index contributed by atoms with van der Waals surface area (Å²) in [5.74, 6) is 0.139. The fourth-order valence-electron chi connectivity index (χ4n) is 2.38. The molecule has 6 nitrogen and oxygen atoms in total. The summed E-state index contributed by atoms with van der Waals surface area (Å²) in [5.41, 5.74) is 2.08. The summed E-state index contributed by atoms with van der Waals surface area (Å²) in [4.78, 5) is 12.4. The minimum Gasteiger partial charge on any atom is -0.494 e. The summed E-state index contributed by atoms with van der Waals surface area (Å²) >= 11 is 6.04. The molecule has 0 radical (unpaired) electrons. The Bertz CT molecular complexity index is 945. The van der Waals surface area contributed by atoms with Gasteiger partial charge in [-0.3, -0.25) is 4.79 Å². The van der Waals surface area contributed by atoms with Crippen LogP contribution in [0.4, 0.5) is 5.69 Å². The molecule has 1 amide bonds. The Balaban J connectivity index is 2.10. The Morgan fingerprint density at radius 3 is 2.44 bits per heavy atom. The molecule has 0 heterocycles. The molecule has 2 aromatic rings. The van der Waals surface area contributed by atoms with Gasteiger partial charge in [-0.1, -0.05) is 17.7 Å². The van der Waals surface area contributed by atoms with Gasteiger partial charge in [0.25, 0.3) is 0 Å². The molecular weight excluding hydrogens is 388 g/mol. The van der Waals surface area contributed by atoms with Crippen molar-refractivity contribution in [3.63, 3.8) is 0 Å². The summed E-state index contributed by atoms with van der Waals surface area (Å²) in [7, 11) is -3.86. The van der Waals surface area contributed by atoms with E-state index in [9.17, 15) is 13.2 Å². The molecule has 2 rings (SSSR count). The molecule has 0 unspecified atom stereocenters. The van der Waals surface area contributed by atoms with Crippen LogP contribution in [0.3, 0.4) is 0 Å². The Hall–Kier alpha value is -2.09. The first-order valence-corrected chi connectivity index (χ1v) is 10.3. The number of hydrogen-bond acceptors (Lipinski definition) is 4. The molecule has 0 fully saturated rings. The van der Waals surface area contributed by atoms with E-state index in [0.29, 0.717) is 28.6 Å². The standard InChI is InChI=1S/C19H23ClN2O4S/c1-5-26-18-9-8-16(10-13(18)3)27(24,25)22-14(4)19(23)21-15-7-6-12(2)17(20)11-15/h6-11,14,22H,5H2,1-4H3,(H,21,23)/t14-/m0/s1. The number of carbonyl (C=O) groups excluding carboxylic acids is 1. The highest BCUT2D eigenvalue weighted by Crippen LogP contribution is 2.22. The van der Waals surface area contributed by atoms with Gasteiger partial charge < -0.3 is 10.1 Å². The lowest BCUT2D eigenvalue weighted by molar-refractivity contribution is -0.117. The Kier molecular flexibility index (Phi) is 6.86. The van der Waals surface area contributed by atoms with E-state index in [1.807, 2.05) is 13.8 Å². The van der Waals surface area contributed by atoms with Crippen LogP contribution in [0, 0.1) is 13.8 Å². The number of ether oxygens (including phenoxy) is 1. The third kappa shape index (κ3) is 5.45. The number of rotatable bonds is 7. The van der Waals surface area contributed by atoms with Gasteiger partial charge in [0.15, 0.2) is 0 Å². The zero-order valence-electron chi connectivity index (χ0n) is 15.7. The normalized spacial score (nSPS) is 12.5. The average Bonchev–Trinajstić information content (AvgIpc) is 2.59. The number of sulfonamides is 1. The SMILES string of the molecule is CCOc1ccc(S(=O)(=O)N[C@@H](C)C(=O)Nc2ccc(C)c(Cl)c2)cc1C. The highest BCUT2D eigenvalue weighted by molar-refractivity contribution is 7.89. The van der Waals surface area contributed by atoms with E-state index in [0.717, 1.165) is 5.56 Å². The zero-order valence-corrected chi connectivity index (χ0v) is 17.2. The zero-order chi connectivity index (χ0) is 20.2. The molecule has 0 spiro atoms. The molecule has 1 atom stereocenters. The van der Waals surface area contributed by atoms with Gasteiger partial charge in [-0.05, 0) is 69.2 Å². The smallest absolute Gasteiger partial charge is 0.242 e. The second kappa shape index (κ2) is 8.73. The summed E-state index contributed by atoms with van der Waals surface area (Å²) < 4.78 is 32.9. The fourth-order valence-corrected chi connectivity index (χ4v) is 3.85. The van der Waals surface area contributed by atoms with Crippen LogP contribution in [-0.2, 0) is 14.8 Å². The number of halogens is 1. The van der Waals surface area contributed by atoms with Crippen LogP contribution in [0.2, 0.25) is 5.02 Å². The second-order valence-corrected chi connectivity index (χ2v) is 8.28. The monoisotopic (exact) mass is 410 g/mol. The van der Waals surface area contributed by atoms with E-state index in [1.165, 1.54) is 19.1 Å². The van der Waals surface area contributed by atoms with Gasteiger partial charge in [-0.2, -0.15) is 4.72 Å². The van der Waals surface area contributed by atoms with Crippen molar-refractivity contribution in [1.82, 2.24) is 4.72 Å². The Labute approximate surface area is 164 Å². The van der Waals surface area contributed by atoms with E-state index in [4.69, 9.17) is 16.3 Å². The Morgan fingerprint density at radius 1 is 1.15 bits per heavy atom. The minimum absolute atomic E-state index is 0.0708. The number of anilines is 1. The van der Waals surface area contributed by atoms with Gasteiger partial charge in [0.2, 0.25) is 15.9 Å². The van der Waals surface area contributed by atoms with Crippen molar-refractivity contribution in [3.05, 3.63) is 52.5 Å². The molecule has 2 aromatic carbocycles. The van der Waals surface area contributed by atoms with Crippen LogP contribution in [-0.4, -0.2) is 27.0 Å². The predicted octanol–water partition coefficient (Wildman–Crippen LogP) is 3.66. The van der Waals surface area contributed by atoms with Gasteiger partial charge in [0.1, 0.15) is 5.75 Å². The van der Waals surface area contributed by atoms with Crippen molar-refractivity contribution in [2.45, 2.75) is 38.6 Å². The summed E-state index contributed by atoms with van der Waals surface area (Å²) in [6.07, 6.45) is 0. The lowest BCUT2D eigenvalue weighted by atomic mass is 10.2. The number of carbonyl (C=O) groups is 1. The first-order valence-electron chi connectivity index (χ1n) is 8.47. The van der Waals surface area contributed by atoms with E-state index in [-0.39, 0.29) is 4.90 Å². The molecule has 8 heteroatoms. The lowest BCUT2D eigenvalue weighted by Gasteiger charge is -2.16. The quantitative estimate of drug-likeness (QED) is 0.729. The maximum absolute atomic E-state index is 12.6. The molecule has 27 heavy (non-hydrogen) atoms. The highest BCUT2D eigenvalue weighted by Gasteiger charge is 2.23. The number of amides is 1. The van der Waals surface area contributed by atoms with Gasteiger partial charge >= 0.3 is 0 Å². The molecule has 0 aromatic heterocycles. The molecule has 0 saturated heterocycles. The highest BCUT2D eigenvalue weighted by atomic mass is 35.5. The molecular formula is C19H23ClN2O4S. The molecule has 0 aliphatic heterocycles. The largest absolute Gasteiger partial charge is 0.494 e. The molecule has 146 valence electrons. The summed E-state index contributed by atoms with van der Waals surface area (Å²) in [5, 5.41) is 3.17. The number of benzene rings is 2. The first-order chi connectivity index (χ1) is 12.6. The van der Waals surface area contributed by atoms with Crippen LogP contribution in [0.25, 0.3) is 0 Å². The van der Waals surface area contributed by atoms with Crippen molar-refractivity contribution >= 4 is 33.2 Å². The third-order valence-electron chi connectivity index (χ3n) is 3.92. The van der Waals surface area contributed by atoms with Crippen LogP contribution >= 0.6 is 11.6 Å². The van der Waals surface area contributed by atoms with E-state index in [1.54, 1.807) is 31.2 Å². The van der Waals surface area contributed by atoms with E-state index < -0.39 is 22.0 Å². The number of aryl methyl sites for hydroxylation is 2. The average molecular weight is 411 g/mol. The first kappa shape index (κ1) is 21.2. The molecule has 0 aliphatic rings. The second-order valence-electron chi connectivity index (χ2n) is 6.16. The maximum Gasteiger partial charge on any atom is 0.242 e.